The molecule has 7 nitrogen and oxygen atoms in total. The van der Waals surface area contributed by atoms with Crippen LogP contribution in [0, 0.1) is 0 Å². The van der Waals surface area contributed by atoms with Crippen LogP contribution >= 0.6 is 11.3 Å². The van der Waals surface area contributed by atoms with Crippen LogP contribution in [0.2, 0.25) is 0 Å². The summed E-state index contributed by atoms with van der Waals surface area (Å²) >= 11 is 1.39. The molecule has 160 valence electrons. The number of fused-ring (bicyclic) bond motifs is 3. The van der Waals surface area contributed by atoms with Crippen LogP contribution in [-0.2, 0) is 4.79 Å². The average Bonchev–Trinajstić information content (AvgIpc) is 3.16. The molecule has 0 saturated heterocycles. The molecule has 32 heavy (non-hydrogen) atoms. The van der Waals surface area contributed by atoms with E-state index in [1.165, 1.54) is 35.6 Å². The van der Waals surface area contributed by atoms with E-state index in [9.17, 15) is 24.6 Å². The molecule has 8 heteroatoms. The minimum absolute atomic E-state index is 0.0783. The van der Waals surface area contributed by atoms with Crippen molar-refractivity contribution < 1.29 is 29.3 Å². The molecule has 1 heterocycles. The quantitative estimate of drug-likeness (QED) is 0.354. The van der Waals surface area contributed by atoms with E-state index in [1.807, 2.05) is 0 Å². The molecule has 1 aromatic heterocycles. The Labute approximate surface area is 186 Å². The number of ether oxygens (including phenoxy) is 1. The highest BCUT2D eigenvalue weighted by molar-refractivity contribution is 7.26. The summed E-state index contributed by atoms with van der Waals surface area (Å²) in [5.74, 6) is -2.11. The average molecular weight is 447 g/mol. The molecule has 0 aliphatic rings. The van der Waals surface area contributed by atoms with Gasteiger partial charge in [0, 0.05) is 26.2 Å². The van der Waals surface area contributed by atoms with Gasteiger partial charge >= 0.3 is 11.9 Å². The molecule has 0 radical (unpaired) electrons. The van der Waals surface area contributed by atoms with Gasteiger partial charge in [0.25, 0.3) is 0 Å². The number of hydrogen-bond acceptors (Lipinski definition) is 5. The second-order valence-electron chi connectivity index (χ2n) is 6.88. The molecule has 0 aliphatic carbocycles. The van der Waals surface area contributed by atoms with E-state index in [4.69, 9.17) is 4.74 Å². The van der Waals surface area contributed by atoms with Gasteiger partial charge < -0.3 is 20.3 Å². The number of nitrogens with one attached hydrogen (secondary N) is 1. The molecule has 0 aliphatic heterocycles. The molecule has 4 aromatic rings. The third kappa shape index (κ3) is 4.03. The maximum atomic E-state index is 12.7. The van der Waals surface area contributed by atoms with Crippen molar-refractivity contribution in [2.75, 3.05) is 12.4 Å². The summed E-state index contributed by atoms with van der Waals surface area (Å²) in [5, 5.41) is 22.8. The normalized spacial score (nSPS) is 11.2. The fourth-order valence-electron chi connectivity index (χ4n) is 3.36. The molecule has 0 saturated carbocycles. The molecular weight excluding hydrogens is 430 g/mol. The fourth-order valence-corrected chi connectivity index (χ4v) is 4.46. The zero-order valence-electron chi connectivity index (χ0n) is 16.8. The number of hydrogen-bond donors (Lipinski definition) is 3. The van der Waals surface area contributed by atoms with Gasteiger partial charge in [-0.1, -0.05) is 12.1 Å². The Hall–Kier alpha value is -4.17. The number of rotatable bonds is 6. The van der Waals surface area contributed by atoms with Crippen LogP contribution in [0.15, 0.2) is 60.7 Å². The summed E-state index contributed by atoms with van der Waals surface area (Å²) < 4.78 is 6.63. The first-order valence-electron chi connectivity index (χ1n) is 9.46. The molecule has 0 bridgehead atoms. The molecule has 0 spiro atoms. The van der Waals surface area contributed by atoms with Gasteiger partial charge in [-0.15, -0.1) is 11.3 Å². The van der Waals surface area contributed by atoms with Gasteiger partial charge in [-0.2, -0.15) is 0 Å². The third-order valence-corrected chi connectivity index (χ3v) is 6.04. The highest BCUT2D eigenvalue weighted by atomic mass is 32.1. The lowest BCUT2D eigenvalue weighted by Crippen LogP contribution is -2.12. The third-order valence-electron chi connectivity index (χ3n) is 4.90. The van der Waals surface area contributed by atoms with Crippen molar-refractivity contribution in [2.45, 2.75) is 0 Å². The monoisotopic (exact) mass is 447 g/mol. The molecule has 3 N–H and O–H groups in total. The van der Waals surface area contributed by atoms with Crippen molar-refractivity contribution in [3.05, 3.63) is 77.4 Å². The number of methoxy groups -OCH3 is 1. The Morgan fingerprint density at radius 1 is 0.938 bits per heavy atom. The van der Waals surface area contributed by atoms with E-state index in [1.54, 1.807) is 49.6 Å². The van der Waals surface area contributed by atoms with Gasteiger partial charge in [0.05, 0.1) is 23.9 Å². The number of carbonyl (C=O) groups excluding carboxylic acids is 1. The molecule has 3 aromatic carbocycles. The van der Waals surface area contributed by atoms with Crippen LogP contribution in [0.3, 0.4) is 0 Å². The maximum Gasteiger partial charge on any atom is 0.337 e. The van der Waals surface area contributed by atoms with Gasteiger partial charge in [0.2, 0.25) is 5.91 Å². The number of carboxylic acids is 2. The lowest BCUT2D eigenvalue weighted by Gasteiger charge is -2.09. The van der Waals surface area contributed by atoms with E-state index >= 15 is 0 Å². The summed E-state index contributed by atoms with van der Waals surface area (Å²) in [4.78, 5) is 35.9. The van der Waals surface area contributed by atoms with Crippen molar-refractivity contribution in [3.8, 4) is 5.75 Å². The second-order valence-corrected chi connectivity index (χ2v) is 7.96. The molecular formula is C24H17NO6S. The summed E-state index contributed by atoms with van der Waals surface area (Å²) in [5.41, 5.74) is 0.900. The number of thiophene rings is 1. The first-order chi connectivity index (χ1) is 15.4. The van der Waals surface area contributed by atoms with Crippen LogP contribution in [0.5, 0.6) is 5.75 Å². The number of amides is 1. The van der Waals surface area contributed by atoms with E-state index in [0.717, 1.165) is 15.0 Å². The highest BCUT2D eigenvalue weighted by Crippen LogP contribution is 2.40. The number of aromatic carboxylic acids is 2. The Balaban J connectivity index is 1.77. The summed E-state index contributed by atoms with van der Waals surface area (Å²) in [6, 6.07) is 14.8. The number of benzene rings is 3. The van der Waals surface area contributed by atoms with Gasteiger partial charge in [-0.25, -0.2) is 9.59 Å². The summed E-state index contributed by atoms with van der Waals surface area (Å²) in [6.07, 6.45) is 2.91. The van der Waals surface area contributed by atoms with Gasteiger partial charge in [-0.05, 0) is 54.1 Å². The van der Waals surface area contributed by atoms with E-state index in [2.05, 4.69) is 5.32 Å². The maximum absolute atomic E-state index is 12.7. The Kier molecular flexibility index (Phi) is 5.61. The number of carboxylic acid groups (broad SMARTS) is 2. The number of anilines is 1. The van der Waals surface area contributed by atoms with Crippen LogP contribution in [0.4, 0.5) is 5.69 Å². The Morgan fingerprint density at radius 3 is 2.31 bits per heavy atom. The Bertz CT molecular complexity index is 1400. The van der Waals surface area contributed by atoms with Crippen LogP contribution in [0.1, 0.15) is 26.3 Å². The smallest absolute Gasteiger partial charge is 0.337 e. The topological polar surface area (TPSA) is 113 Å². The predicted octanol–water partition coefficient (Wildman–Crippen LogP) is 5.11. The lowest BCUT2D eigenvalue weighted by atomic mass is 10.0. The fraction of sp³-hybridized carbons (Fsp3) is 0.0417. The van der Waals surface area contributed by atoms with Gasteiger partial charge in [0.15, 0.2) is 0 Å². The van der Waals surface area contributed by atoms with Gasteiger partial charge in [-0.3, -0.25) is 4.79 Å². The molecule has 1 amide bonds. The van der Waals surface area contributed by atoms with Crippen molar-refractivity contribution in [2.24, 2.45) is 0 Å². The SMILES string of the molecule is COc1ccc(C=CC(=O)Nc2c(C(=O)O)ccc3sc4ccc(C(=O)O)cc4c23)cc1. The van der Waals surface area contributed by atoms with E-state index < -0.39 is 17.8 Å². The molecule has 0 fully saturated rings. The van der Waals surface area contributed by atoms with E-state index in [0.29, 0.717) is 16.5 Å². The zero-order valence-corrected chi connectivity index (χ0v) is 17.6. The van der Waals surface area contributed by atoms with Crippen molar-refractivity contribution >= 4 is 61.1 Å². The van der Waals surface area contributed by atoms with Crippen LogP contribution in [-0.4, -0.2) is 35.2 Å². The first kappa shape index (κ1) is 21.1. The highest BCUT2D eigenvalue weighted by Gasteiger charge is 2.19. The second kappa shape index (κ2) is 8.52. The summed E-state index contributed by atoms with van der Waals surface area (Å²) in [6.45, 7) is 0. The van der Waals surface area contributed by atoms with Crippen molar-refractivity contribution in [3.63, 3.8) is 0 Å². The largest absolute Gasteiger partial charge is 0.497 e. The van der Waals surface area contributed by atoms with E-state index in [-0.39, 0.29) is 16.8 Å². The van der Waals surface area contributed by atoms with Crippen molar-refractivity contribution in [1.29, 1.82) is 0 Å². The molecule has 0 atom stereocenters. The minimum Gasteiger partial charge on any atom is -0.497 e. The lowest BCUT2D eigenvalue weighted by molar-refractivity contribution is -0.111. The summed E-state index contributed by atoms with van der Waals surface area (Å²) in [7, 11) is 1.56. The number of carbonyl (C=O) groups is 3. The van der Waals surface area contributed by atoms with Crippen LogP contribution in [0.25, 0.3) is 26.2 Å². The zero-order chi connectivity index (χ0) is 22.8. The van der Waals surface area contributed by atoms with Crippen molar-refractivity contribution in [1.82, 2.24) is 0 Å². The standard InChI is InChI=1S/C24H17NO6S/c1-31-15-6-2-13(3-7-15)4-11-20(26)25-22-16(24(29)30)8-10-19-21(22)17-12-14(23(27)28)5-9-18(17)32-19/h2-12H,1H3,(H,25,26)(H,27,28)(H,29,30). The van der Waals surface area contributed by atoms with Crippen LogP contribution < -0.4 is 10.1 Å². The minimum atomic E-state index is -1.20. The molecule has 0 unspecified atom stereocenters. The van der Waals surface area contributed by atoms with Gasteiger partial charge in [0.1, 0.15) is 5.75 Å². The Morgan fingerprint density at radius 2 is 1.66 bits per heavy atom. The predicted molar refractivity (Wildman–Crippen MR) is 124 cm³/mol. The first-order valence-corrected chi connectivity index (χ1v) is 10.3. The molecule has 4 rings (SSSR count).